The minimum atomic E-state index is -0.146. The van der Waals surface area contributed by atoms with Gasteiger partial charge in [0.2, 0.25) is 20.4 Å². The van der Waals surface area contributed by atoms with Crippen molar-refractivity contribution in [2.45, 2.75) is 118 Å². The number of thiazole rings is 3. The first-order valence-electron chi connectivity index (χ1n) is 41.9. The van der Waals surface area contributed by atoms with E-state index in [9.17, 15) is 14.4 Å². The molecule has 3 aromatic heterocycles. The van der Waals surface area contributed by atoms with E-state index in [1.807, 2.05) is 120 Å². The number of nitrogens with one attached hydrogen (secondary N) is 2. The Morgan fingerprint density at radius 2 is 0.871 bits per heavy atom. The molecule has 1 fully saturated rings. The lowest BCUT2D eigenvalue weighted by Crippen LogP contribution is -2.41. The number of benzene rings is 9. The number of hydrogen-bond acceptors (Lipinski definition) is 23. The lowest BCUT2D eigenvalue weighted by molar-refractivity contribution is 0.0383. The topological polar surface area (TPSA) is 222 Å². The van der Waals surface area contributed by atoms with Crippen molar-refractivity contribution >= 4 is 51.7 Å². The van der Waals surface area contributed by atoms with Crippen molar-refractivity contribution in [3.8, 4) is 51.7 Å². The molecule has 7 heterocycles. The minimum Gasteiger partial charge on any atom is -0.497 e. The van der Waals surface area contributed by atoms with Gasteiger partial charge in [-0.05, 0) is 153 Å². The lowest BCUT2D eigenvalue weighted by Gasteiger charge is -2.26. The number of morpholine rings is 1. The van der Waals surface area contributed by atoms with Crippen molar-refractivity contribution in [1.82, 2.24) is 50.1 Å². The maximum absolute atomic E-state index is 13.2. The quantitative estimate of drug-likeness (QED) is 0.0372. The molecule has 4 aliphatic heterocycles. The van der Waals surface area contributed by atoms with Crippen LogP contribution in [0.2, 0.25) is 0 Å². The van der Waals surface area contributed by atoms with Crippen LogP contribution in [-0.2, 0) is 94.9 Å². The summed E-state index contributed by atoms with van der Waals surface area (Å²) in [5.74, 6) is 6.84. The van der Waals surface area contributed by atoms with Gasteiger partial charge in [-0.25, -0.2) is 15.0 Å². The minimum absolute atomic E-state index is 0.0767. The highest BCUT2D eigenvalue weighted by Gasteiger charge is 2.25. The summed E-state index contributed by atoms with van der Waals surface area (Å²) in [6, 6.07) is 69.9. The summed E-state index contributed by atoms with van der Waals surface area (Å²) in [4.78, 5) is 63.9. The lowest BCUT2D eigenvalue weighted by atomic mass is 9.87. The van der Waals surface area contributed by atoms with Crippen molar-refractivity contribution < 1.29 is 61.8 Å². The van der Waals surface area contributed by atoms with Crippen molar-refractivity contribution in [3.05, 3.63) is 316 Å². The summed E-state index contributed by atoms with van der Waals surface area (Å²) in [5.41, 5.74) is 14.4. The molecule has 9 aromatic carbocycles. The van der Waals surface area contributed by atoms with E-state index >= 15 is 0 Å². The van der Waals surface area contributed by atoms with Gasteiger partial charge in [-0.1, -0.05) is 167 Å². The zero-order valence-corrected chi connectivity index (χ0v) is 73.9. The van der Waals surface area contributed by atoms with E-state index in [4.69, 9.17) is 52.4 Å². The zero-order chi connectivity index (χ0) is 86.0. The van der Waals surface area contributed by atoms with Crippen molar-refractivity contribution in [2.24, 2.45) is 0 Å². The molecule has 26 heteroatoms. The summed E-state index contributed by atoms with van der Waals surface area (Å²) in [6.45, 7) is 22.1. The van der Waals surface area contributed by atoms with Gasteiger partial charge in [0.25, 0.3) is 17.7 Å². The highest BCUT2D eigenvalue weighted by atomic mass is 32.1. The summed E-state index contributed by atoms with van der Waals surface area (Å²) in [5, 5.41) is 14.3. The number of aryl methyl sites for hydroxylation is 1. The number of carbonyl (C=O) groups excluding carboxylic acids is 3. The Balaban J connectivity index is 0.000000152. The molecule has 0 saturated carbocycles. The number of likely N-dealkylation sites (N-methyl/N-ethyl adjacent to an activating group) is 1. The third kappa shape index (κ3) is 25.9. The van der Waals surface area contributed by atoms with Gasteiger partial charge < -0.3 is 62.9 Å². The molecule has 12 aromatic rings. The first-order valence-corrected chi connectivity index (χ1v) is 44.6. The van der Waals surface area contributed by atoms with Crippen molar-refractivity contribution in [3.63, 3.8) is 0 Å². The fourth-order valence-corrected chi connectivity index (χ4v) is 17.0. The molecule has 2 N–H and O–H groups in total. The van der Waals surface area contributed by atoms with Crippen LogP contribution in [0.25, 0.3) is 0 Å². The zero-order valence-electron chi connectivity index (χ0n) is 71.4. The van der Waals surface area contributed by atoms with Crippen LogP contribution in [0.5, 0.6) is 51.7 Å². The largest absolute Gasteiger partial charge is 0.497 e. The molecule has 0 aliphatic carbocycles. The van der Waals surface area contributed by atoms with Crippen LogP contribution in [-0.4, -0.2) is 151 Å². The molecular weight excluding hydrogens is 1620 g/mol. The van der Waals surface area contributed by atoms with E-state index in [0.717, 1.165) is 171 Å². The first-order chi connectivity index (χ1) is 60.5. The van der Waals surface area contributed by atoms with Crippen molar-refractivity contribution in [1.29, 1.82) is 0 Å². The van der Waals surface area contributed by atoms with Crippen LogP contribution in [0.3, 0.4) is 0 Å². The van der Waals surface area contributed by atoms with E-state index in [1.165, 1.54) is 56.3 Å². The van der Waals surface area contributed by atoms with E-state index in [2.05, 4.69) is 177 Å². The maximum atomic E-state index is 13.2. The molecule has 124 heavy (non-hydrogen) atoms. The second-order valence-corrected chi connectivity index (χ2v) is 34.6. The fourth-order valence-electron chi connectivity index (χ4n) is 14.6. The number of amides is 3. The molecular formula is C98H108N10O13S3. The van der Waals surface area contributed by atoms with E-state index in [-0.39, 0.29) is 43.5 Å². The number of hydrogen-bond donors (Lipinski definition) is 2. The number of carbonyl (C=O) groups is 3. The number of methoxy groups -OCH3 is 2. The highest BCUT2D eigenvalue weighted by molar-refractivity contribution is 7.10. The van der Waals surface area contributed by atoms with Gasteiger partial charge in [0.15, 0.2) is 34.5 Å². The second-order valence-electron chi connectivity index (χ2n) is 31.8. The molecule has 0 bridgehead atoms. The molecule has 3 amide bonds. The van der Waals surface area contributed by atoms with Crippen molar-refractivity contribution in [2.75, 3.05) is 94.1 Å². The van der Waals surface area contributed by atoms with Crippen LogP contribution < -0.4 is 53.3 Å². The maximum Gasteiger partial charge on any atom is 0.273 e. The predicted molar refractivity (Wildman–Crippen MR) is 483 cm³/mol. The predicted octanol–water partition coefficient (Wildman–Crippen LogP) is 17.0. The third-order valence-electron chi connectivity index (χ3n) is 21.5. The third-order valence-corrected chi connectivity index (χ3v) is 24.0. The molecule has 0 spiro atoms. The van der Waals surface area contributed by atoms with Crippen LogP contribution in [0.1, 0.15) is 135 Å². The summed E-state index contributed by atoms with van der Waals surface area (Å²) in [6.07, 6.45) is 2.44. The molecule has 646 valence electrons. The summed E-state index contributed by atoms with van der Waals surface area (Å²) >= 11 is 4.55. The second kappa shape index (κ2) is 44.0. The Labute approximate surface area is 738 Å². The number of rotatable bonds is 36. The van der Waals surface area contributed by atoms with Crippen LogP contribution in [0.15, 0.2) is 222 Å². The van der Waals surface area contributed by atoms with Gasteiger partial charge in [-0.2, -0.15) is 0 Å². The molecule has 4 aliphatic rings. The van der Waals surface area contributed by atoms with Crippen LogP contribution in [0, 0.1) is 0 Å². The molecule has 23 nitrogen and oxygen atoms in total. The van der Waals surface area contributed by atoms with E-state index < -0.39 is 0 Å². The number of aromatic nitrogens is 3. The normalized spacial score (nSPS) is 13.1. The number of fused-ring (bicyclic) bond motifs is 3. The summed E-state index contributed by atoms with van der Waals surface area (Å²) in [7, 11) is 5.19. The first kappa shape index (κ1) is 88.6. The molecule has 1 saturated heterocycles. The average Bonchev–Trinajstić information content (AvgIpc) is 1.74. The molecule has 0 unspecified atom stereocenters. The van der Waals surface area contributed by atoms with Gasteiger partial charge >= 0.3 is 0 Å². The number of ether oxygens (including phenoxy) is 10. The fraction of sp³-hybridized carbons (Fsp3) is 0.327. The highest BCUT2D eigenvalue weighted by Crippen LogP contribution is 2.37. The SMILES string of the molecule is CC(C)(C)c1ccc(CN(Cc2ccc3c(c2)OCO3)Cc2nc(C(=O)NCCN3CCOCC3)cs2)cc1.CCc1ccc(CCN(C)C(=O)c2csc(CN(Cc3ccc(OC)cc3)Cc3ccc4c(c3)OCO4)n2)cc1OC.O=C(NCCc1ccccc1)c1csc(CN(Cc2ccc(OCc3ccccc3)cc2)Cc2ccc3c(c2)OCO3)n1. The van der Waals surface area contributed by atoms with E-state index in [0.29, 0.717) is 89.1 Å². The van der Waals surface area contributed by atoms with Crippen LogP contribution in [0.4, 0.5) is 0 Å². The molecule has 0 radical (unpaired) electrons. The van der Waals surface area contributed by atoms with Crippen LogP contribution >= 0.6 is 34.0 Å². The average molecular weight is 1730 g/mol. The van der Waals surface area contributed by atoms with E-state index in [1.54, 1.807) is 19.1 Å². The monoisotopic (exact) mass is 1730 g/mol. The Morgan fingerprint density at radius 1 is 0.444 bits per heavy atom. The Hall–Kier alpha value is -11.7. The smallest absolute Gasteiger partial charge is 0.273 e. The van der Waals surface area contributed by atoms with Gasteiger partial charge in [0.1, 0.15) is 56.0 Å². The number of nitrogens with zero attached hydrogens (tertiary/aromatic N) is 8. The summed E-state index contributed by atoms with van der Waals surface area (Å²) < 4.78 is 55.5. The van der Waals surface area contributed by atoms with Gasteiger partial charge in [0, 0.05) is 102 Å². The molecule has 0 atom stereocenters. The molecule has 16 rings (SSSR count). The Kier molecular flexibility index (Phi) is 31.5. The Bertz CT molecular complexity index is 5430. The van der Waals surface area contributed by atoms with Gasteiger partial charge in [-0.15, -0.1) is 34.0 Å². The standard InChI is InChI=1S/C35H33N3O4S.C33H37N3O5S.C30H38N4O4S/c39-35(36-18-17-26-7-3-1-4-8-26)31-24-43-34(37-31)22-38(21-29-13-16-32-33(19-29)42-25-41-32)20-27-11-14-30(15-12-27)40-23-28-9-5-2-6-10-28;1-5-26-10-6-23(16-30(26)39-4)14-15-35(2)33(37)28-21-42-32(34-28)20-36(18-24-7-11-27(38-3)12-8-24)19-25-9-13-29-31(17-25)41-22-40-29;1-30(2,3)24-7-4-22(5-8-24)17-34(18-23-6-9-26-27(16-23)38-21-37-26)19-28-32-25(20-39-28)29(35)31-10-11-33-12-14-36-15-13-33/h1-16,19,24H,17-18,20-23,25H2,(H,36,39);6-13,16-17,21H,5,14-15,18-20,22H2,1-4H3;4-9,16,20H,10-15,17-19,21H2,1-3H3,(H,31,35). The van der Waals surface area contributed by atoms with Gasteiger partial charge in [0.05, 0.1) is 47.1 Å². The van der Waals surface area contributed by atoms with Gasteiger partial charge in [-0.3, -0.25) is 34.0 Å². The Morgan fingerprint density at radius 3 is 1.35 bits per heavy atom.